The van der Waals surface area contributed by atoms with E-state index in [0.29, 0.717) is 41.5 Å². The molecule has 0 aromatic carbocycles. The Kier molecular flexibility index (Phi) is 5.24. The minimum absolute atomic E-state index is 0.00926. The first kappa shape index (κ1) is 26.5. The Morgan fingerprint density at radius 1 is 0.256 bits per heavy atom. The average Bonchev–Trinajstić information content (AvgIpc) is 3.52. The predicted molar refractivity (Wildman–Crippen MR) is 137 cm³/mol. The van der Waals surface area contributed by atoms with E-state index in [1.54, 1.807) is 0 Å². The van der Waals surface area contributed by atoms with Crippen molar-refractivity contribution in [2.24, 2.45) is 0 Å². The number of hydrogen-bond donors (Lipinski definition) is 0. The summed E-state index contributed by atoms with van der Waals surface area (Å²) in [5.74, 6) is 0. The lowest BCUT2D eigenvalue weighted by Crippen LogP contribution is -2.03. The molecule has 0 spiro atoms. The largest absolute Gasteiger partial charge is 0.427 e. The van der Waals surface area contributed by atoms with Crippen LogP contribution in [-0.2, 0) is 24.7 Å². The third kappa shape index (κ3) is 3.59. The first-order valence-electron chi connectivity index (χ1n) is 9.88. The monoisotopic (exact) mass is 692 g/mol. The van der Waals surface area contributed by atoms with Crippen LogP contribution >= 0.6 is 79.4 Å². The summed E-state index contributed by atoms with van der Waals surface area (Å²) in [6, 6.07) is 0. The normalized spacial score (nSPS) is 14.7. The topological polar surface area (TPSA) is 0 Å². The molecule has 0 amide bonds. The van der Waals surface area contributed by atoms with Crippen LogP contribution in [0.1, 0.15) is 19.5 Å². The molecule has 0 atom stereocenters. The molecule has 7 rings (SSSR count). The maximum atomic E-state index is 13.7. The molecule has 0 saturated carbocycles. The van der Waals surface area contributed by atoms with Gasteiger partial charge in [0.05, 0.1) is 47.0 Å². The van der Waals surface area contributed by atoms with Crippen LogP contribution in [0.2, 0.25) is 0 Å². The number of fused-ring (bicyclic) bond motifs is 11. The molecule has 0 aliphatic heterocycles. The predicted octanol–water partition coefficient (Wildman–Crippen LogP) is 13.1. The van der Waals surface area contributed by atoms with Gasteiger partial charge >= 0.3 is 24.7 Å². The molecule has 0 bridgehead atoms. The highest BCUT2D eigenvalue weighted by molar-refractivity contribution is 7.50. The quantitative estimate of drug-likeness (QED) is 0.139. The lowest BCUT2D eigenvalue weighted by Gasteiger charge is -2.03. The molecule has 206 valence electrons. The summed E-state index contributed by atoms with van der Waals surface area (Å²) in [5, 5.41) is -1.12. The lowest BCUT2D eigenvalue weighted by molar-refractivity contribution is -0.135. The SMILES string of the molecule is FC(F)(F)c1sc(C(F)(F)F)c2c1sc1c3sc4c(sc5c4sc4c(C(F)(F)F)sc(C(F)(F)F)c45)c3sc12. The summed E-state index contributed by atoms with van der Waals surface area (Å²) in [5.41, 5.74) is 0. The molecule has 7 aromatic heterocycles. The summed E-state index contributed by atoms with van der Waals surface area (Å²) >= 11 is 2.90. The fourth-order valence-electron chi connectivity index (χ4n) is 4.32. The van der Waals surface area contributed by atoms with Gasteiger partial charge in [0.2, 0.25) is 0 Å². The van der Waals surface area contributed by atoms with Gasteiger partial charge in [-0.2, -0.15) is 52.7 Å². The van der Waals surface area contributed by atoms with Crippen molar-refractivity contribution in [3.8, 4) is 0 Å². The van der Waals surface area contributed by atoms with Gasteiger partial charge in [-0.3, -0.25) is 0 Å². The third-order valence-corrected chi connectivity index (χ3v) is 15.5. The van der Waals surface area contributed by atoms with Crippen molar-refractivity contribution in [3.63, 3.8) is 0 Å². The van der Waals surface area contributed by atoms with Crippen LogP contribution in [-0.4, -0.2) is 0 Å². The van der Waals surface area contributed by atoms with Gasteiger partial charge in [-0.05, 0) is 0 Å². The number of alkyl halides is 12. The van der Waals surface area contributed by atoms with E-state index in [9.17, 15) is 52.7 Å². The molecule has 19 heteroatoms. The highest BCUT2D eigenvalue weighted by atomic mass is 32.1. The lowest BCUT2D eigenvalue weighted by atomic mass is 10.2. The Morgan fingerprint density at radius 2 is 0.487 bits per heavy atom. The van der Waals surface area contributed by atoms with Gasteiger partial charge in [0, 0.05) is 10.8 Å². The molecular weight excluding hydrogens is 693 g/mol. The van der Waals surface area contributed by atoms with Gasteiger partial charge in [0.15, 0.2) is 0 Å². The zero-order valence-electron chi connectivity index (χ0n) is 17.4. The van der Waals surface area contributed by atoms with E-state index >= 15 is 0 Å². The summed E-state index contributed by atoms with van der Waals surface area (Å²) in [7, 11) is 0. The van der Waals surface area contributed by atoms with Crippen molar-refractivity contribution < 1.29 is 52.7 Å². The van der Waals surface area contributed by atoms with E-state index < -0.39 is 64.4 Å². The van der Waals surface area contributed by atoms with E-state index in [1.165, 1.54) is 0 Å². The summed E-state index contributed by atoms with van der Waals surface area (Å²) in [6.45, 7) is 0. The van der Waals surface area contributed by atoms with Gasteiger partial charge in [-0.25, -0.2) is 0 Å². The number of halogens is 12. The maximum absolute atomic E-state index is 13.7. The zero-order chi connectivity index (χ0) is 28.2. The van der Waals surface area contributed by atoms with E-state index in [4.69, 9.17) is 0 Å². The van der Waals surface area contributed by atoms with Crippen LogP contribution in [0, 0.1) is 0 Å². The van der Waals surface area contributed by atoms with Crippen LogP contribution in [0.5, 0.6) is 0 Å². The van der Waals surface area contributed by atoms with E-state index in [-0.39, 0.29) is 41.5 Å². The van der Waals surface area contributed by atoms with Crippen molar-refractivity contribution in [1.29, 1.82) is 0 Å². The highest BCUT2D eigenvalue weighted by Crippen LogP contribution is 2.61. The highest BCUT2D eigenvalue weighted by Gasteiger charge is 2.46. The average molecular weight is 693 g/mol. The van der Waals surface area contributed by atoms with Gasteiger partial charge in [-0.15, -0.1) is 79.4 Å². The fourth-order valence-corrected chi connectivity index (χ4v) is 14.6. The van der Waals surface area contributed by atoms with Gasteiger partial charge in [-0.1, -0.05) is 0 Å². The Labute approximate surface area is 232 Å². The van der Waals surface area contributed by atoms with Crippen molar-refractivity contribution in [1.82, 2.24) is 0 Å². The molecule has 0 radical (unpaired) electrons. The third-order valence-electron chi connectivity index (χ3n) is 5.68. The second kappa shape index (κ2) is 7.71. The van der Waals surface area contributed by atoms with Crippen molar-refractivity contribution >= 4 is 137 Å². The summed E-state index contributed by atoms with van der Waals surface area (Å²) in [4.78, 5) is -5.51. The second-order valence-electron chi connectivity index (χ2n) is 8.06. The molecule has 7 aromatic rings. The molecule has 0 unspecified atom stereocenters. The molecule has 0 fully saturated rings. The first-order valence-corrected chi connectivity index (χ1v) is 15.6. The van der Waals surface area contributed by atoms with Crippen LogP contribution < -0.4 is 0 Å². The minimum atomic E-state index is -5.05. The summed E-state index contributed by atoms with van der Waals surface area (Å²) < 4.78 is 164. The molecular formula is C20F12S7. The molecule has 39 heavy (non-hydrogen) atoms. The maximum Gasteiger partial charge on any atom is 0.427 e. The fraction of sp³-hybridized carbons (Fsp3) is 0.200. The first-order chi connectivity index (χ1) is 17.9. The molecule has 0 aliphatic rings. The minimum Gasteiger partial charge on any atom is -0.165 e. The molecule has 0 aliphatic carbocycles. The van der Waals surface area contributed by atoms with Crippen LogP contribution in [0.15, 0.2) is 0 Å². The van der Waals surface area contributed by atoms with Gasteiger partial charge in [0.25, 0.3) is 0 Å². The van der Waals surface area contributed by atoms with Crippen molar-refractivity contribution in [2.45, 2.75) is 24.7 Å². The Morgan fingerprint density at radius 3 is 0.769 bits per heavy atom. The van der Waals surface area contributed by atoms with Crippen molar-refractivity contribution in [3.05, 3.63) is 19.5 Å². The molecule has 0 N–H and O–H groups in total. The molecule has 0 saturated heterocycles. The van der Waals surface area contributed by atoms with Crippen LogP contribution in [0.25, 0.3) is 57.8 Å². The summed E-state index contributed by atoms with van der Waals surface area (Å²) in [6.07, 6.45) is -20.1. The van der Waals surface area contributed by atoms with Gasteiger partial charge < -0.3 is 0 Å². The van der Waals surface area contributed by atoms with E-state index in [2.05, 4.69) is 0 Å². The number of rotatable bonds is 0. The van der Waals surface area contributed by atoms with E-state index in [1.807, 2.05) is 0 Å². The standard InChI is InChI=1S/C20F12S7/c21-17(22,23)13-1-3-7(35-5(1)15(38-13)19(27,28)29)9-11(33-3)12-10(37-9)8-4(34-12)2-6(36-8)16(20(30,31)32)39-14(2)18(24,25)26. The smallest absolute Gasteiger partial charge is 0.165 e. The van der Waals surface area contributed by atoms with E-state index in [0.717, 1.165) is 34.0 Å². The Bertz CT molecular complexity index is 1970. The molecule has 7 heterocycles. The molecule has 0 nitrogen and oxygen atoms in total. The van der Waals surface area contributed by atoms with Crippen LogP contribution in [0.3, 0.4) is 0 Å². The van der Waals surface area contributed by atoms with Crippen molar-refractivity contribution in [2.75, 3.05) is 0 Å². The van der Waals surface area contributed by atoms with Crippen LogP contribution in [0.4, 0.5) is 52.7 Å². The van der Waals surface area contributed by atoms with Gasteiger partial charge in [0.1, 0.15) is 19.5 Å². The second-order valence-corrected chi connectivity index (χ2v) is 15.2. The number of thiophene rings is 7. The Balaban J connectivity index is 1.57. The Hall–Kier alpha value is -1.38. The zero-order valence-corrected chi connectivity index (χ0v) is 23.1. The number of hydrogen-bond acceptors (Lipinski definition) is 7.